The molecule has 0 atom stereocenters. The fourth-order valence-electron chi connectivity index (χ4n) is 8.22. The van der Waals surface area contributed by atoms with Crippen molar-refractivity contribution in [2.75, 3.05) is 18.6 Å². The highest BCUT2D eigenvalue weighted by Gasteiger charge is 2.51. The number of pyridine rings is 1. The van der Waals surface area contributed by atoms with E-state index in [1.165, 1.54) is 29.0 Å². The van der Waals surface area contributed by atoms with Crippen LogP contribution < -0.4 is 9.64 Å². The number of benzene rings is 1. The normalized spacial score (nSPS) is 28.0. The molecule has 8 heteroatoms. The first kappa shape index (κ1) is 29.5. The maximum atomic E-state index is 14.4. The second-order valence-corrected chi connectivity index (χ2v) is 15.1. The summed E-state index contributed by atoms with van der Waals surface area (Å²) >= 11 is 1.76. The van der Waals surface area contributed by atoms with Crippen molar-refractivity contribution < 1.29 is 19.4 Å². The molecule has 3 aromatic rings. The third-order valence-electron chi connectivity index (χ3n) is 11.4. The van der Waals surface area contributed by atoms with Crippen molar-refractivity contribution in [1.82, 2.24) is 9.97 Å². The van der Waals surface area contributed by atoms with Gasteiger partial charge in [0.1, 0.15) is 11.6 Å². The maximum absolute atomic E-state index is 14.4. The maximum Gasteiger partial charge on any atom is 0.306 e. The van der Waals surface area contributed by atoms with Crippen molar-refractivity contribution in [2.45, 2.75) is 95.3 Å². The Labute approximate surface area is 264 Å². The van der Waals surface area contributed by atoms with Gasteiger partial charge in [-0.15, -0.1) is 11.3 Å². The Bertz CT molecular complexity index is 1530. The number of amides is 1. The van der Waals surface area contributed by atoms with E-state index in [0.29, 0.717) is 38.1 Å². The molecule has 232 valence electrons. The van der Waals surface area contributed by atoms with Crippen molar-refractivity contribution in [3.05, 3.63) is 58.9 Å². The monoisotopic (exact) mass is 613 g/mol. The van der Waals surface area contributed by atoms with Gasteiger partial charge in [0.25, 0.3) is 0 Å². The van der Waals surface area contributed by atoms with E-state index < -0.39 is 5.97 Å². The van der Waals surface area contributed by atoms with E-state index in [0.717, 1.165) is 60.5 Å². The molecule has 5 fully saturated rings. The number of aryl methyl sites for hydroxylation is 1. The Morgan fingerprint density at radius 3 is 2.30 bits per heavy atom. The number of hydrogen-bond donors (Lipinski definition) is 1. The number of hydrogen-bond acceptors (Lipinski definition) is 6. The minimum Gasteiger partial charge on any atom is -0.496 e. The third-order valence-corrected chi connectivity index (χ3v) is 12.6. The fourth-order valence-corrected chi connectivity index (χ4v) is 9.30. The molecule has 1 amide bonds. The smallest absolute Gasteiger partial charge is 0.306 e. The zero-order valence-electron chi connectivity index (χ0n) is 25.9. The molecule has 5 saturated carbocycles. The Balaban J connectivity index is 1.14. The van der Waals surface area contributed by atoms with E-state index in [1.807, 2.05) is 23.4 Å². The first-order valence-electron chi connectivity index (χ1n) is 16.4. The van der Waals surface area contributed by atoms with Gasteiger partial charge in [-0.25, -0.2) is 9.97 Å². The van der Waals surface area contributed by atoms with Crippen molar-refractivity contribution in [3.63, 3.8) is 0 Å². The lowest BCUT2D eigenvalue weighted by atomic mass is 9.51. The minimum atomic E-state index is -0.740. The molecular formula is C36H43N3O4S. The van der Waals surface area contributed by atoms with Crippen LogP contribution in [0.5, 0.6) is 5.75 Å². The zero-order chi connectivity index (χ0) is 30.5. The summed E-state index contributed by atoms with van der Waals surface area (Å²) in [5, 5.41) is 10.8. The summed E-state index contributed by atoms with van der Waals surface area (Å²) in [6.45, 7) is 2.80. The molecule has 0 unspecified atom stereocenters. The van der Waals surface area contributed by atoms with Gasteiger partial charge in [0.2, 0.25) is 5.91 Å². The number of fused-ring (bicyclic) bond motifs is 3. The second kappa shape index (κ2) is 11.6. The molecule has 0 spiro atoms. The summed E-state index contributed by atoms with van der Waals surface area (Å²) < 4.78 is 5.53. The highest BCUT2D eigenvalue weighted by Crippen LogP contribution is 2.58. The molecule has 1 aromatic carbocycles. The number of carboxylic acid groups (broad SMARTS) is 1. The number of ether oxygens (including phenoxy) is 1. The first-order chi connectivity index (χ1) is 21.3. The van der Waals surface area contributed by atoms with Crippen molar-refractivity contribution in [2.24, 2.45) is 17.3 Å². The summed E-state index contributed by atoms with van der Waals surface area (Å²) in [5.41, 5.74) is 3.94. The van der Waals surface area contributed by atoms with E-state index in [4.69, 9.17) is 14.7 Å². The van der Waals surface area contributed by atoms with Gasteiger partial charge in [0.05, 0.1) is 22.9 Å². The van der Waals surface area contributed by atoms with Crippen LogP contribution in [0.25, 0.3) is 10.4 Å². The van der Waals surface area contributed by atoms with E-state index in [9.17, 15) is 14.7 Å². The average Bonchev–Trinajstić information content (AvgIpc) is 3.80. The largest absolute Gasteiger partial charge is 0.496 e. The molecule has 44 heavy (non-hydrogen) atoms. The van der Waals surface area contributed by atoms with E-state index >= 15 is 0 Å². The number of rotatable bonds is 9. The highest BCUT2D eigenvalue weighted by atomic mass is 32.1. The molecule has 7 nitrogen and oxygen atoms in total. The van der Waals surface area contributed by atoms with Gasteiger partial charge in [-0.05, 0) is 130 Å². The van der Waals surface area contributed by atoms with Gasteiger partial charge < -0.3 is 9.84 Å². The third kappa shape index (κ3) is 5.55. The molecule has 5 aliphatic rings. The Morgan fingerprint density at radius 1 is 0.955 bits per heavy atom. The van der Waals surface area contributed by atoms with Gasteiger partial charge in [0.15, 0.2) is 0 Å². The Kier molecular flexibility index (Phi) is 7.76. The summed E-state index contributed by atoms with van der Waals surface area (Å²) in [6.07, 6.45) is 15.3. The van der Waals surface area contributed by atoms with E-state index in [2.05, 4.69) is 31.2 Å². The first-order valence-corrected chi connectivity index (χ1v) is 17.2. The van der Waals surface area contributed by atoms with E-state index in [1.54, 1.807) is 18.4 Å². The van der Waals surface area contributed by atoms with Gasteiger partial charge in [0, 0.05) is 30.8 Å². The van der Waals surface area contributed by atoms with Crippen LogP contribution in [0.3, 0.4) is 0 Å². The fraction of sp³-hybridized carbons (Fsp3) is 0.556. The van der Waals surface area contributed by atoms with Crippen molar-refractivity contribution in [1.29, 1.82) is 0 Å². The summed E-state index contributed by atoms with van der Waals surface area (Å²) in [5.74, 6) is 1.14. The molecular weight excluding hydrogens is 570 g/mol. The molecule has 1 N–H and O–H groups in total. The Morgan fingerprint density at radius 2 is 1.66 bits per heavy atom. The number of carbonyl (C=O) groups excluding carboxylic acids is 1. The molecule has 0 aliphatic heterocycles. The number of carboxylic acids is 1. The van der Waals surface area contributed by atoms with Crippen LogP contribution >= 0.6 is 11.3 Å². The molecule has 2 aromatic heterocycles. The highest BCUT2D eigenvalue weighted by molar-refractivity contribution is 7.15. The molecule has 2 heterocycles. The van der Waals surface area contributed by atoms with Crippen molar-refractivity contribution >= 4 is 29.0 Å². The van der Waals surface area contributed by atoms with Crippen LogP contribution in [0, 0.1) is 24.2 Å². The lowest BCUT2D eigenvalue weighted by molar-refractivity contribution is -0.144. The SMILES string of the molecule is COc1ccc(C23CCC(CN(c4cc(-c5cnc(C6CC6)s5)ccn4)C(=O)[C@H]4CC[C@H](C(=O)O)CC4)(CC2)CC3)cc1C. The number of thiazole rings is 1. The van der Waals surface area contributed by atoms with Gasteiger partial charge in [-0.1, -0.05) is 12.1 Å². The van der Waals surface area contributed by atoms with Crippen LogP contribution in [-0.4, -0.2) is 40.6 Å². The minimum absolute atomic E-state index is 0.0680. The number of nitrogens with zero attached hydrogens (tertiary/aromatic N) is 3. The quantitative estimate of drug-likeness (QED) is 0.264. The predicted octanol–water partition coefficient (Wildman–Crippen LogP) is 7.92. The predicted molar refractivity (Wildman–Crippen MR) is 172 cm³/mol. The van der Waals surface area contributed by atoms with Crippen LogP contribution in [-0.2, 0) is 15.0 Å². The second-order valence-electron chi connectivity index (χ2n) is 14.0. The summed E-state index contributed by atoms with van der Waals surface area (Å²) in [7, 11) is 1.73. The van der Waals surface area contributed by atoms with Crippen LogP contribution in [0.4, 0.5) is 5.82 Å². The van der Waals surface area contributed by atoms with E-state index in [-0.39, 0.29) is 28.6 Å². The number of aliphatic carboxylic acids is 1. The van der Waals surface area contributed by atoms with Gasteiger partial charge >= 0.3 is 5.97 Å². The lowest BCUT2D eigenvalue weighted by Gasteiger charge is -2.55. The van der Waals surface area contributed by atoms with Gasteiger partial charge in [-0.2, -0.15) is 0 Å². The molecule has 8 rings (SSSR count). The molecule has 2 bridgehead atoms. The topological polar surface area (TPSA) is 92.6 Å². The van der Waals surface area contributed by atoms with Crippen molar-refractivity contribution in [3.8, 4) is 16.2 Å². The standard InChI is InChI=1S/C36H43N3O4S/c1-23-19-28(9-10-29(23)43-2)36-15-12-35(13-16-36,14-17-36)22-39(33(40)25-5-7-26(8-6-25)34(41)42)31-20-27(11-18-37-31)30-21-38-32(44-30)24-3-4-24/h9-11,18-21,24-26H,3-8,12-17,22H2,1-2H3,(H,41,42)/t25-,26-,35?,36?. The molecule has 0 saturated heterocycles. The zero-order valence-corrected chi connectivity index (χ0v) is 26.7. The molecule has 0 radical (unpaired) electrons. The summed E-state index contributed by atoms with van der Waals surface area (Å²) in [6, 6.07) is 10.8. The Hall–Kier alpha value is -3.26. The number of methoxy groups -OCH3 is 1. The van der Waals surface area contributed by atoms with Crippen LogP contribution in [0.1, 0.15) is 99.1 Å². The molecule has 5 aliphatic carbocycles. The van der Waals surface area contributed by atoms with Crippen LogP contribution in [0.15, 0.2) is 42.7 Å². The number of aromatic nitrogens is 2. The number of anilines is 1. The number of carbonyl (C=O) groups is 2. The van der Waals surface area contributed by atoms with Crippen LogP contribution in [0.2, 0.25) is 0 Å². The van der Waals surface area contributed by atoms with Gasteiger partial charge in [-0.3, -0.25) is 14.5 Å². The average molecular weight is 614 g/mol. The lowest BCUT2D eigenvalue weighted by Crippen LogP contribution is -2.52. The summed E-state index contributed by atoms with van der Waals surface area (Å²) in [4.78, 5) is 38.6.